The van der Waals surface area contributed by atoms with Crippen LogP contribution in [-0.2, 0) is 4.74 Å². The molecule has 3 rings (SSSR count). The zero-order valence-electron chi connectivity index (χ0n) is 16.4. The van der Waals surface area contributed by atoms with Gasteiger partial charge >= 0.3 is 6.09 Å². The van der Waals surface area contributed by atoms with Crippen molar-refractivity contribution in [1.29, 1.82) is 0 Å². The summed E-state index contributed by atoms with van der Waals surface area (Å²) < 4.78 is 6.13. The second-order valence-electron chi connectivity index (χ2n) is 7.78. The van der Waals surface area contributed by atoms with Crippen LogP contribution >= 0.6 is 15.9 Å². The number of rotatable bonds is 3. The van der Waals surface area contributed by atoms with Gasteiger partial charge in [-0.15, -0.1) is 10.2 Å². The lowest BCUT2D eigenvalue weighted by molar-refractivity contribution is 0.0238. The molecule has 1 aliphatic heterocycles. The number of amides is 1. The first kappa shape index (κ1) is 20.3. The van der Waals surface area contributed by atoms with Crippen LogP contribution in [0.3, 0.4) is 0 Å². The Labute approximate surface area is 172 Å². The molecule has 1 fully saturated rings. The number of likely N-dealkylation sites (N-methyl/N-ethyl adjacent to an activating group) is 1. The molecule has 1 saturated heterocycles. The molecular weight excluding hydrogens is 426 g/mol. The topological polar surface area (TPSA) is 91.7 Å². The second kappa shape index (κ2) is 7.90. The fourth-order valence-corrected chi connectivity index (χ4v) is 3.31. The lowest BCUT2D eigenvalue weighted by Gasteiger charge is -2.28. The van der Waals surface area contributed by atoms with E-state index < -0.39 is 5.60 Å². The molecule has 1 atom stereocenters. The average molecular weight is 450 g/mol. The summed E-state index contributed by atoms with van der Waals surface area (Å²) in [4.78, 5) is 20.2. The Balaban J connectivity index is 1.66. The quantitative estimate of drug-likeness (QED) is 0.766. The van der Waals surface area contributed by atoms with Crippen molar-refractivity contribution in [3.63, 3.8) is 0 Å². The first-order chi connectivity index (χ1) is 13.1. The summed E-state index contributed by atoms with van der Waals surface area (Å²) in [6.07, 6.45) is 2.11. The Morgan fingerprint density at radius 3 is 2.71 bits per heavy atom. The van der Waals surface area contributed by atoms with Crippen LogP contribution in [0.4, 0.5) is 10.6 Å². The van der Waals surface area contributed by atoms with E-state index in [1.54, 1.807) is 30.3 Å². The predicted molar refractivity (Wildman–Crippen MR) is 109 cm³/mol. The van der Waals surface area contributed by atoms with Crippen LogP contribution in [0, 0.1) is 0 Å². The molecule has 0 radical (unpaired) electrons. The van der Waals surface area contributed by atoms with E-state index in [9.17, 15) is 9.90 Å². The normalized spacial score (nSPS) is 16.9. The van der Waals surface area contributed by atoms with Crippen molar-refractivity contribution in [3.8, 4) is 17.1 Å². The van der Waals surface area contributed by atoms with E-state index in [1.165, 1.54) is 0 Å². The molecule has 0 aromatic carbocycles. The van der Waals surface area contributed by atoms with Crippen molar-refractivity contribution in [3.05, 3.63) is 28.9 Å². The van der Waals surface area contributed by atoms with E-state index in [1.807, 2.05) is 26.8 Å². The number of aromatic hydroxyl groups is 1. The minimum Gasteiger partial charge on any atom is -0.506 e. The van der Waals surface area contributed by atoms with Crippen LogP contribution in [0.2, 0.25) is 0 Å². The fraction of sp³-hybridized carbons (Fsp3) is 0.474. The molecule has 3 heterocycles. The molecule has 0 spiro atoms. The van der Waals surface area contributed by atoms with Crippen LogP contribution in [-0.4, -0.2) is 63.1 Å². The van der Waals surface area contributed by atoms with Crippen molar-refractivity contribution in [2.24, 2.45) is 0 Å². The van der Waals surface area contributed by atoms with Gasteiger partial charge in [0, 0.05) is 30.8 Å². The molecule has 0 bridgehead atoms. The highest BCUT2D eigenvalue weighted by molar-refractivity contribution is 9.10. The van der Waals surface area contributed by atoms with E-state index in [0.29, 0.717) is 22.4 Å². The van der Waals surface area contributed by atoms with Gasteiger partial charge in [0.05, 0.1) is 6.04 Å². The smallest absolute Gasteiger partial charge is 0.410 e. The molecule has 0 unspecified atom stereocenters. The van der Waals surface area contributed by atoms with Crippen LogP contribution in [0.1, 0.15) is 27.2 Å². The maximum Gasteiger partial charge on any atom is 0.410 e. The molecule has 2 aromatic rings. The predicted octanol–water partition coefficient (Wildman–Crippen LogP) is 3.45. The number of halogens is 1. The second-order valence-corrected chi connectivity index (χ2v) is 8.69. The molecule has 0 saturated carbocycles. The van der Waals surface area contributed by atoms with Gasteiger partial charge < -0.3 is 19.6 Å². The summed E-state index contributed by atoms with van der Waals surface area (Å²) in [5.74, 6) is 0.761. The lowest BCUT2D eigenvalue weighted by atomic mass is 10.2. The van der Waals surface area contributed by atoms with Gasteiger partial charge in [0.15, 0.2) is 5.82 Å². The molecule has 1 N–H and O–H groups in total. The van der Waals surface area contributed by atoms with Gasteiger partial charge in [0.25, 0.3) is 0 Å². The highest BCUT2D eigenvalue weighted by Gasteiger charge is 2.31. The Bertz CT molecular complexity index is 854. The number of aromatic nitrogens is 3. The van der Waals surface area contributed by atoms with Crippen LogP contribution < -0.4 is 4.90 Å². The summed E-state index contributed by atoms with van der Waals surface area (Å²) in [7, 11) is 1.76. The molecule has 1 amide bonds. The highest BCUT2D eigenvalue weighted by Crippen LogP contribution is 2.29. The van der Waals surface area contributed by atoms with E-state index in [-0.39, 0.29) is 17.9 Å². The number of carbonyl (C=O) groups excluding carboxylic acids is 1. The van der Waals surface area contributed by atoms with E-state index >= 15 is 0 Å². The summed E-state index contributed by atoms with van der Waals surface area (Å²) in [6.45, 7) is 7.00. The van der Waals surface area contributed by atoms with Crippen molar-refractivity contribution in [1.82, 2.24) is 20.1 Å². The largest absolute Gasteiger partial charge is 0.506 e. The van der Waals surface area contributed by atoms with Crippen molar-refractivity contribution in [2.45, 2.75) is 38.8 Å². The van der Waals surface area contributed by atoms with Crippen LogP contribution in [0.5, 0.6) is 5.75 Å². The maximum atomic E-state index is 12.3. The Hall–Kier alpha value is -2.42. The maximum absolute atomic E-state index is 12.3. The van der Waals surface area contributed by atoms with Gasteiger partial charge in [-0.3, -0.25) is 0 Å². The molecule has 1 aliphatic rings. The minimum absolute atomic E-state index is 0.0386. The van der Waals surface area contributed by atoms with Gasteiger partial charge in [-0.2, -0.15) is 0 Å². The minimum atomic E-state index is -0.516. The summed E-state index contributed by atoms with van der Waals surface area (Å²) >= 11 is 3.27. The fourth-order valence-electron chi connectivity index (χ4n) is 3.00. The number of anilines is 1. The summed E-state index contributed by atoms with van der Waals surface area (Å²) in [5.41, 5.74) is 0.360. The molecule has 150 valence electrons. The number of nitrogens with zero attached hydrogens (tertiary/aromatic N) is 5. The SMILES string of the molecule is CN(C(=O)OC(C)(C)C)[C@@H]1CCN(c2ccc(-c3ncc(Br)cc3O)nn2)C1. The number of pyridine rings is 1. The third kappa shape index (κ3) is 4.70. The van der Waals surface area contributed by atoms with Crippen molar-refractivity contribution in [2.75, 3.05) is 25.0 Å². The monoisotopic (exact) mass is 449 g/mol. The zero-order chi connectivity index (χ0) is 20.5. The molecule has 9 heteroatoms. The number of hydrogen-bond donors (Lipinski definition) is 1. The number of hydrogen-bond acceptors (Lipinski definition) is 7. The zero-order valence-corrected chi connectivity index (χ0v) is 18.0. The molecule has 2 aromatic heterocycles. The van der Waals surface area contributed by atoms with Crippen LogP contribution in [0.25, 0.3) is 11.4 Å². The number of carbonyl (C=O) groups is 1. The Kier molecular flexibility index (Phi) is 5.74. The average Bonchev–Trinajstić information content (AvgIpc) is 3.10. The number of ether oxygens (including phenoxy) is 1. The van der Waals surface area contributed by atoms with Gasteiger partial charge in [-0.05, 0) is 61.3 Å². The third-order valence-corrected chi connectivity index (χ3v) is 4.88. The van der Waals surface area contributed by atoms with Crippen molar-refractivity contribution < 1.29 is 14.6 Å². The third-order valence-electron chi connectivity index (χ3n) is 4.44. The lowest BCUT2D eigenvalue weighted by Crippen LogP contribution is -2.42. The molecule has 8 nitrogen and oxygen atoms in total. The van der Waals surface area contributed by atoms with Crippen molar-refractivity contribution >= 4 is 27.8 Å². The van der Waals surface area contributed by atoms with E-state index in [2.05, 4.69) is 36.0 Å². The van der Waals surface area contributed by atoms with Gasteiger partial charge in [0.2, 0.25) is 0 Å². The van der Waals surface area contributed by atoms with E-state index in [0.717, 1.165) is 18.8 Å². The van der Waals surface area contributed by atoms with Crippen LogP contribution in [0.15, 0.2) is 28.9 Å². The van der Waals surface area contributed by atoms with E-state index in [4.69, 9.17) is 4.74 Å². The Morgan fingerprint density at radius 1 is 1.36 bits per heavy atom. The first-order valence-electron chi connectivity index (χ1n) is 9.03. The molecule has 0 aliphatic carbocycles. The summed E-state index contributed by atoms with van der Waals surface area (Å²) in [5, 5.41) is 18.5. The van der Waals surface area contributed by atoms with Gasteiger partial charge in [0.1, 0.15) is 22.7 Å². The molecule has 28 heavy (non-hydrogen) atoms. The first-order valence-corrected chi connectivity index (χ1v) is 9.83. The van der Waals surface area contributed by atoms with Gasteiger partial charge in [-0.25, -0.2) is 9.78 Å². The summed E-state index contributed by atoms with van der Waals surface area (Å²) in [6, 6.07) is 5.24. The Morgan fingerprint density at radius 2 is 2.11 bits per heavy atom. The van der Waals surface area contributed by atoms with Gasteiger partial charge in [-0.1, -0.05) is 0 Å². The molecular formula is C19H24BrN5O3. The highest BCUT2D eigenvalue weighted by atomic mass is 79.9. The standard InChI is InChI=1S/C19H24BrN5O3/c1-19(2,3)28-18(27)24(4)13-7-8-25(11-13)16-6-5-14(22-23-16)17-15(26)9-12(20)10-21-17/h5-6,9-10,13,26H,7-8,11H2,1-4H3/t13-/m1/s1.